The van der Waals surface area contributed by atoms with Crippen molar-refractivity contribution < 1.29 is 15.0 Å². The van der Waals surface area contributed by atoms with Crippen molar-refractivity contribution in [3.63, 3.8) is 0 Å². The van der Waals surface area contributed by atoms with Crippen LogP contribution < -0.4 is 5.73 Å². The summed E-state index contributed by atoms with van der Waals surface area (Å²) < 4.78 is 0. The first-order valence-corrected chi connectivity index (χ1v) is 7.66. The van der Waals surface area contributed by atoms with E-state index in [2.05, 4.69) is 15.2 Å². The molecule has 7 heteroatoms. The molecule has 0 radical (unpaired) electrons. The Balaban J connectivity index is 1.87. The molecule has 1 aliphatic carbocycles. The molecule has 2 aromatic heterocycles. The molecule has 2 heterocycles. The first-order chi connectivity index (χ1) is 11.5. The Hall–Kier alpha value is -2.93. The fraction of sp³-hybridized carbons (Fsp3) is 0.235. The topological polar surface area (TPSA) is 125 Å². The van der Waals surface area contributed by atoms with Gasteiger partial charge in [0, 0.05) is 23.1 Å². The average Bonchev–Trinajstić information content (AvgIpc) is 2.92. The molecular weight excluding hydrogens is 308 g/mol. The Kier molecular flexibility index (Phi) is 3.07. The fourth-order valence-corrected chi connectivity index (χ4v) is 3.27. The molecule has 0 amide bonds. The molecule has 122 valence electrons. The zero-order valence-electron chi connectivity index (χ0n) is 12.8. The Morgan fingerprint density at radius 3 is 2.83 bits per heavy atom. The van der Waals surface area contributed by atoms with Gasteiger partial charge < -0.3 is 20.9 Å². The minimum atomic E-state index is -1.26. The van der Waals surface area contributed by atoms with Gasteiger partial charge in [-0.3, -0.25) is 4.79 Å². The van der Waals surface area contributed by atoms with Crippen molar-refractivity contribution in [3.8, 4) is 17.0 Å². The number of carbonyl (C=O) groups is 1. The maximum absolute atomic E-state index is 11.5. The predicted octanol–water partition coefficient (Wildman–Crippen LogP) is 1.60. The van der Waals surface area contributed by atoms with Crippen molar-refractivity contribution in [1.29, 1.82) is 0 Å². The minimum absolute atomic E-state index is 0.120. The Labute approximate surface area is 137 Å². The number of para-hydroxylation sites is 1. The second kappa shape index (κ2) is 5.04. The number of nitrogens with one attached hydrogen (secondary N) is 1. The third-order valence-electron chi connectivity index (χ3n) is 4.67. The lowest BCUT2D eigenvalue weighted by molar-refractivity contribution is -0.143. The first kappa shape index (κ1) is 14.6. The van der Waals surface area contributed by atoms with Gasteiger partial charge in [0.15, 0.2) is 5.65 Å². The summed E-state index contributed by atoms with van der Waals surface area (Å²) in [5.41, 5.74) is 8.33. The van der Waals surface area contributed by atoms with E-state index in [1.54, 1.807) is 18.2 Å². The molecule has 0 fully saturated rings. The largest absolute Gasteiger partial charge is 0.507 e. The van der Waals surface area contributed by atoms with Crippen LogP contribution in [0.2, 0.25) is 0 Å². The predicted molar refractivity (Wildman–Crippen MR) is 87.6 cm³/mol. The van der Waals surface area contributed by atoms with Crippen molar-refractivity contribution in [2.75, 3.05) is 0 Å². The highest BCUT2D eigenvalue weighted by atomic mass is 16.4. The smallest absolute Gasteiger partial charge is 0.324 e. The summed E-state index contributed by atoms with van der Waals surface area (Å²) in [6.07, 6.45) is 1.17. The molecule has 5 N–H and O–H groups in total. The number of nitrogens with two attached hydrogens (primary N) is 1. The van der Waals surface area contributed by atoms with Gasteiger partial charge in [-0.1, -0.05) is 12.1 Å². The quantitative estimate of drug-likeness (QED) is 0.567. The number of aromatic hydroxyl groups is 1. The van der Waals surface area contributed by atoms with Gasteiger partial charge in [-0.2, -0.15) is 0 Å². The van der Waals surface area contributed by atoms with Gasteiger partial charge >= 0.3 is 5.97 Å². The summed E-state index contributed by atoms with van der Waals surface area (Å²) in [6, 6.07) is 8.71. The molecule has 1 aromatic carbocycles. The van der Waals surface area contributed by atoms with Crippen LogP contribution in [0, 0.1) is 0 Å². The van der Waals surface area contributed by atoms with E-state index in [0.29, 0.717) is 29.7 Å². The third-order valence-corrected chi connectivity index (χ3v) is 4.67. The number of nitrogens with zero attached hydrogens (tertiary/aromatic N) is 2. The van der Waals surface area contributed by atoms with Crippen LogP contribution >= 0.6 is 0 Å². The summed E-state index contributed by atoms with van der Waals surface area (Å²) >= 11 is 0. The number of H-pyrrole nitrogens is 1. The van der Waals surface area contributed by atoms with Gasteiger partial charge in [0.1, 0.15) is 11.3 Å². The van der Waals surface area contributed by atoms with Crippen molar-refractivity contribution in [2.45, 2.75) is 24.8 Å². The van der Waals surface area contributed by atoms with Crippen molar-refractivity contribution >= 4 is 17.0 Å². The van der Waals surface area contributed by atoms with E-state index < -0.39 is 11.5 Å². The van der Waals surface area contributed by atoms with Gasteiger partial charge in [-0.15, -0.1) is 10.2 Å². The third kappa shape index (κ3) is 2.13. The number of benzene rings is 1. The summed E-state index contributed by atoms with van der Waals surface area (Å²) in [4.78, 5) is 14.7. The maximum atomic E-state index is 11.5. The van der Waals surface area contributed by atoms with Crippen LogP contribution in [-0.2, 0) is 17.6 Å². The normalized spacial score (nSPS) is 20.0. The zero-order valence-corrected chi connectivity index (χ0v) is 12.8. The fourth-order valence-electron chi connectivity index (χ4n) is 3.27. The van der Waals surface area contributed by atoms with Crippen molar-refractivity contribution in [3.05, 3.63) is 41.6 Å². The number of hydrogen-bond acceptors (Lipinski definition) is 5. The summed E-state index contributed by atoms with van der Waals surface area (Å²) in [7, 11) is 0. The molecule has 0 spiro atoms. The number of aromatic amines is 1. The minimum Gasteiger partial charge on any atom is -0.507 e. The Morgan fingerprint density at radius 2 is 2.08 bits per heavy atom. The molecular formula is C17H16N4O3. The second-order valence-corrected chi connectivity index (χ2v) is 6.23. The van der Waals surface area contributed by atoms with Crippen LogP contribution in [0.3, 0.4) is 0 Å². The van der Waals surface area contributed by atoms with E-state index >= 15 is 0 Å². The van der Waals surface area contributed by atoms with E-state index in [9.17, 15) is 15.0 Å². The number of phenols is 1. The Morgan fingerprint density at radius 1 is 1.29 bits per heavy atom. The average molecular weight is 324 g/mol. The molecule has 1 atom stereocenters. The summed E-state index contributed by atoms with van der Waals surface area (Å²) in [6.45, 7) is 0. The van der Waals surface area contributed by atoms with Gasteiger partial charge in [0.25, 0.3) is 0 Å². The van der Waals surface area contributed by atoms with Crippen LogP contribution in [0.4, 0.5) is 0 Å². The zero-order chi connectivity index (χ0) is 16.9. The molecule has 0 aliphatic heterocycles. The summed E-state index contributed by atoms with van der Waals surface area (Å²) in [5.74, 6) is -0.875. The lowest BCUT2D eigenvalue weighted by Gasteiger charge is -2.29. The van der Waals surface area contributed by atoms with Crippen LogP contribution in [0.25, 0.3) is 22.3 Å². The number of carboxylic acids is 1. The van der Waals surface area contributed by atoms with Crippen LogP contribution in [0.15, 0.2) is 30.3 Å². The van der Waals surface area contributed by atoms with Crippen LogP contribution in [0.1, 0.15) is 17.7 Å². The number of aryl methyl sites for hydroxylation is 1. The lowest BCUT2D eigenvalue weighted by Crippen LogP contribution is -2.52. The van der Waals surface area contributed by atoms with Crippen molar-refractivity contribution in [1.82, 2.24) is 15.2 Å². The summed E-state index contributed by atoms with van der Waals surface area (Å²) in [5, 5.41) is 28.6. The number of aromatic nitrogens is 3. The molecule has 24 heavy (non-hydrogen) atoms. The van der Waals surface area contributed by atoms with E-state index in [0.717, 1.165) is 16.6 Å². The maximum Gasteiger partial charge on any atom is 0.324 e. The SMILES string of the molecule is N[C@@]1(C(=O)O)CCc2[nH]c3nnc(-c4ccccc4O)cc3c2C1. The number of rotatable bonds is 2. The molecule has 0 unspecified atom stereocenters. The number of aliphatic carboxylic acids is 1. The van der Waals surface area contributed by atoms with Gasteiger partial charge in [0.05, 0.1) is 5.69 Å². The monoisotopic (exact) mass is 324 g/mol. The van der Waals surface area contributed by atoms with Gasteiger partial charge in [0.2, 0.25) is 0 Å². The van der Waals surface area contributed by atoms with E-state index in [4.69, 9.17) is 5.73 Å². The molecule has 3 aromatic rings. The van der Waals surface area contributed by atoms with Crippen LogP contribution in [0.5, 0.6) is 5.75 Å². The first-order valence-electron chi connectivity index (χ1n) is 7.66. The molecule has 0 bridgehead atoms. The molecule has 7 nitrogen and oxygen atoms in total. The molecule has 1 aliphatic rings. The highest BCUT2D eigenvalue weighted by molar-refractivity contribution is 5.88. The van der Waals surface area contributed by atoms with Gasteiger partial charge in [-0.25, -0.2) is 0 Å². The lowest BCUT2D eigenvalue weighted by atomic mass is 9.80. The number of fused-ring (bicyclic) bond motifs is 3. The van der Waals surface area contributed by atoms with E-state index in [-0.39, 0.29) is 12.2 Å². The van der Waals surface area contributed by atoms with Crippen LogP contribution in [-0.4, -0.2) is 36.9 Å². The Bertz CT molecular complexity index is 966. The van der Waals surface area contributed by atoms with Crippen molar-refractivity contribution in [2.24, 2.45) is 5.73 Å². The number of hydrogen-bond donors (Lipinski definition) is 4. The highest BCUT2D eigenvalue weighted by Gasteiger charge is 2.39. The standard InChI is InChI=1S/C17H16N4O3/c18-17(16(23)24)6-5-12-11(8-17)10-7-13(20-21-15(10)19-12)9-3-1-2-4-14(9)22/h1-4,7,22H,5-6,8,18H2,(H,19,21)(H,23,24)/t17-/m0/s1. The highest BCUT2D eigenvalue weighted by Crippen LogP contribution is 2.35. The number of phenolic OH excluding ortho intramolecular Hbond substituents is 1. The van der Waals surface area contributed by atoms with Gasteiger partial charge in [-0.05, 0) is 36.6 Å². The molecule has 4 rings (SSSR count). The van der Waals surface area contributed by atoms with E-state index in [1.165, 1.54) is 0 Å². The van der Waals surface area contributed by atoms with E-state index in [1.807, 2.05) is 12.1 Å². The second-order valence-electron chi connectivity index (χ2n) is 6.23. The molecule has 0 saturated heterocycles. The number of carboxylic acid groups (broad SMARTS) is 1. The molecule has 0 saturated carbocycles.